The number of hydrogen-bond acceptors (Lipinski definition) is 1. The summed E-state index contributed by atoms with van der Waals surface area (Å²) in [7, 11) is 0. The number of rotatable bonds is 4. The van der Waals surface area contributed by atoms with Crippen LogP contribution >= 0.6 is 0 Å². The molecule has 0 N–H and O–H groups in total. The summed E-state index contributed by atoms with van der Waals surface area (Å²) in [5.74, 6) is -0.141. The third-order valence-corrected chi connectivity index (χ3v) is 3.53. The van der Waals surface area contributed by atoms with E-state index in [2.05, 4.69) is 12.1 Å². The molecule has 0 unspecified atom stereocenters. The Morgan fingerprint density at radius 1 is 0.762 bits per heavy atom. The first kappa shape index (κ1) is 13.5. The molecule has 0 aliphatic carbocycles. The maximum Gasteiger partial charge on any atom is 0.141 e. The van der Waals surface area contributed by atoms with Crippen LogP contribution in [-0.2, 0) is 17.6 Å². The summed E-state index contributed by atoms with van der Waals surface area (Å²) in [6.07, 6.45) is 0.745. The van der Waals surface area contributed by atoms with E-state index in [9.17, 15) is 9.18 Å². The summed E-state index contributed by atoms with van der Waals surface area (Å²) < 4.78 is 12.8. The third kappa shape index (κ3) is 3.34. The lowest BCUT2D eigenvalue weighted by atomic mass is 10.0. The first-order chi connectivity index (χ1) is 10.2. The fourth-order valence-electron chi connectivity index (χ4n) is 2.47. The molecule has 3 rings (SSSR count). The summed E-state index contributed by atoms with van der Waals surface area (Å²) in [6, 6.07) is 20.3. The van der Waals surface area contributed by atoms with Crippen LogP contribution < -0.4 is 0 Å². The number of hydrogen-bond donors (Lipinski definition) is 0. The molecule has 2 heteroatoms. The molecule has 0 bridgehead atoms. The Morgan fingerprint density at radius 2 is 1.38 bits per heavy atom. The minimum Gasteiger partial charge on any atom is -0.299 e. The molecular formula is C19H15FO. The Kier molecular flexibility index (Phi) is 3.78. The zero-order chi connectivity index (χ0) is 14.7. The van der Waals surface area contributed by atoms with E-state index in [1.807, 2.05) is 30.3 Å². The van der Waals surface area contributed by atoms with Gasteiger partial charge in [-0.2, -0.15) is 0 Å². The monoisotopic (exact) mass is 278 g/mol. The van der Waals surface area contributed by atoms with E-state index in [0.717, 1.165) is 16.5 Å². The molecule has 0 amide bonds. The van der Waals surface area contributed by atoms with E-state index in [4.69, 9.17) is 0 Å². The molecule has 0 saturated carbocycles. The van der Waals surface area contributed by atoms with E-state index >= 15 is 0 Å². The highest BCUT2D eigenvalue weighted by molar-refractivity contribution is 5.87. The van der Waals surface area contributed by atoms with Crippen LogP contribution in [0, 0.1) is 5.82 Å². The summed E-state index contributed by atoms with van der Waals surface area (Å²) in [4.78, 5) is 12.1. The van der Waals surface area contributed by atoms with Crippen molar-refractivity contribution in [2.75, 3.05) is 0 Å². The highest BCUT2D eigenvalue weighted by Gasteiger charge is 2.06. The Balaban J connectivity index is 1.72. The SMILES string of the molecule is O=C(Cc1ccc(F)cc1)Cc1ccc2ccccc2c1. The molecule has 104 valence electrons. The average molecular weight is 278 g/mol. The lowest BCUT2D eigenvalue weighted by molar-refractivity contribution is -0.117. The number of carbonyl (C=O) groups is 1. The molecule has 0 aliphatic rings. The molecule has 3 aromatic carbocycles. The number of ketones is 1. The summed E-state index contributed by atoms with van der Waals surface area (Å²) in [6.45, 7) is 0. The van der Waals surface area contributed by atoms with Gasteiger partial charge in [0.1, 0.15) is 11.6 Å². The molecular weight excluding hydrogens is 263 g/mol. The van der Waals surface area contributed by atoms with Crippen LogP contribution in [0.4, 0.5) is 4.39 Å². The van der Waals surface area contributed by atoms with Gasteiger partial charge in [-0.3, -0.25) is 4.79 Å². The standard InChI is InChI=1S/C19H15FO/c20-18-9-6-14(7-10-18)12-19(21)13-15-5-8-16-3-1-2-4-17(16)11-15/h1-11H,12-13H2. The number of Topliss-reactive ketones (excluding diaryl/α,β-unsaturated/α-hetero) is 1. The van der Waals surface area contributed by atoms with Crippen molar-refractivity contribution in [3.05, 3.63) is 83.7 Å². The van der Waals surface area contributed by atoms with E-state index in [-0.39, 0.29) is 11.6 Å². The zero-order valence-electron chi connectivity index (χ0n) is 11.6. The van der Waals surface area contributed by atoms with Gasteiger partial charge in [0.05, 0.1) is 0 Å². The van der Waals surface area contributed by atoms with Gasteiger partial charge in [-0.1, -0.05) is 54.6 Å². The number of halogens is 1. The van der Waals surface area contributed by atoms with Crippen LogP contribution in [0.5, 0.6) is 0 Å². The van der Waals surface area contributed by atoms with Gasteiger partial charge in [-0.15, -0.1) is 0 Å². The Morgan fingerprint density at radius 3 is 2.14 bits per heavy atom. The maximum atomic E-state index is 12.8. The van der Waals surface area contributed by atoms with Crippen LogP contribution in [0.25, 0.3) is 10.8 Å². The van der Waals surface area contributed by atoms with Crippen LogP contribution in [-0.4, -0.2) is 5.78 Å². The predicted octanol–water partition coefficient (Wildman–Crippen LogP) is 4.33. The molecule has 21 heavy (non-hydrogen) atoms. The van der Waals surface area contributed by atoms with Gasteiger partial charge in [0, 0.05) is 12.8 Å². The van der Waals surface area contributed by atoms with E-state index in [1.54, 1.807) is 12.1 Å². The predicted molar refractivity (Wildman–Crippen MR) is 82.8 cm³/mol. The normalized spacial score (nSPS) is 10.7. The average Bonchev–Trinajstić information content (AvgIpc) is 2.49. The third-order valence-electron chi connectivity index (χ3n) is 3.53. The molecule has 0 heterocycles. The van der Waals surface area contributed by atoms with E-state index in [0.29, 0.717) is 12.8 Å². The minimum absolute atomic E-state index is 0.136. The van der Waals surface area contributed by atoms with Gasteiger partial charge in [0.15, 0.2) is 0 Å². The largest absolute Gasteiger partial charge is 0.299 e. The van der Waals surface area contributed by atoms with Gasteiger partial charge in [0.25, 0.3) is 0 Å². The Labute approximate surface area is 123 Å². The first-order valence-corrected chi connectivity index (χ1v) is 6.94. The number of carbonyl (C=O) groups excluding carboxylic acids is 1. The van der Waals surface area contributed by atoms with E-state index < -0.39 is 0 Å². The zero-order valence-corrected chi connectivity index (χ0v) is 11.6. The van der Waals surface area contributed by atoms with Gasteiger partial charge >= 0.3 is 0 Å². The lowest BCUT2D eigenvalue weighted by Gasteiger charge is -2.04. The van der Waals surface area contributed by atoms with Gasteiger partial charge in [-0.05, 0) is 34.0 Å². The van der Waals surface area contributed by atoms with Crippen molar-refractivity contribution in [2.45, 2.75) is 12.8 Å². The quantitative estimate of drug-likeness (QED) is 0.694. The molecule has 0 spiro atoms. The van der Waals surface area contributed by atoms with E-state index in [1.165, 1.54) is 17.5 Å². The molecule has 3 aromatic rings. The van der Waals surface area contributed by atoms with Crippen molar-refractivity contribution in [1.82, 2.24) is 0 Å². The molecule has 0 fully saturated rings. The maximum absolute atomic E-state index is 12.8. The van der Waals surface area contributed by atoms with Crippen LogP contribution in [0.1, 0.15) is 11.1 Å². The first-order valence-electron chi connectivity index (χ1n) is 6.94. The Hall–Kier alpha value is -2.48. The van der Waals surface area contributed by atoms with Gasteiger partial charge in [-0.25, -0.2) is 4.39 Å². The highest BCUT2D eigenvalue weighted by atomic mass is 19.1. The summed E-state index contributed by atoms with van der Waals surface area (Å²) in [5.41, 5.74) is 1.86. The fourth-order valence-corrected chi connectivity index (χ4v) is 2.47. The summed E-state index contributed by atoms with van der Waals surface area (Å²) >= 11 is 0. The second-order valence-corrected chi connectivity index (χ2v) is 5.20. The minimum atomic E-state index is -0.277. The fraction of sp³-hybridized carbons (Fsp3) is 0.105. The second-order valence-electron chi connectivity index (χ2n) is 5.20. The Bertz CT molecular complexity index is 775. The van der Waals surface area contributed by atoms with Crippen molar-refractivity contribution < 1.29 is 9.18 Å². The smallest absolute Gasteiger partial charge is 0.141 e. The molecule has 0 aromatic heterocycles. The summed E-state index contributed by atoms with van der Waals surface area (Å²) in [5, 5.41) is 2.32. The molecule has 0 radical (unpaired) electrons. The number of benzene rings is 3. The van der Waals surface area contributed by atoms with Gasteiger partial charge in [0.2, 0.25) is 0 Å². The van der Waals surface area contributed by atoms with Crippen LogP contribution in [0.3, 0.4) is 0 Å². The van der Waals surface area contributed by atoms with Crippen LogP contribution in [0.2, 0.25) is 0 Å². The van der Waals surface area contributed by atoms with Crippen molar-refractivity contribution >= 4 is 16.6 Å². The topological polar surface area (TPSA) is 17.1 Å². The molecule has 0 atom stereocenters. The molecule has 0 saturated heterocycles. The van der Waals surface area contributed by atoms with Crippen molar-refractivity contribution in [3.8, 4) is 0 Å². The van der Waals surface area contributed by atoms with Gasteiger partial charge < -0.3 is 0 Å². The lowest BCUT2D eigenvalue weighted by Crippen LogP contribution is -2.06. The highest BCUT2D eigenvalue weighted by Crippen LogP contribution is 2.16. The second kappa shape index (κ2) is 5.88. The molecule has 0 aliphatic heterocycles. The van der Waals surface area contributed by atoms with Crippen molar-refractivity contribution in [2.24, 2.45) is 0 Å². The van der Waals surface area contributed by atoms with Crippen molar-refractivity contribution in [3.63, 3.8) is 0 Å². The van der Waals surface area contributed by atoms with Crippen LogP contribution in [0.15, 0.2) is 66.7 Å². The van der Waals surface area contributed by atoms with Crippen molar-refractivity contribution in [1.29, 1.82) is 0 Å². The number of fused-ring (bicyclic) bond motifs is 1. The molecule has 1 nitrogen and oxygen atoms in total.